The molecule has 3 aliphatic rings. The zero-order valence-corrected chi connectivity index (χ0v) is 24.4. The fraction of sp³-hybridized carbons (Fsp3) is 0.581. The lowest BCUT2D eigenvalue weighted by Crippen LogP contribution is -2.60. The van der Waals surface area contributed by atoms with Gasteiger partial charge in [-0.15, -0.1) is 13.2 Å². The van der Waals surface area contributed by atoms with E-state index < -0.39 is 41.1 Å². The number of esters is 1. The van der Waals surface area contributed by atoms with Gasteiger partial charge >= 0.3 is 5.97 Å². The Bertz CT molecular complexity index is 1140. The summed E-state index contributed by atoms with van der Waals surface area (Å²) in [5, 5.41) is 10.9. The molecule has 2 unspecified atom stereocenters. The molecule has 0 saturated carbocycles. The summed E-state index contributed by atoms with van der Waals surface area (Å²) in [6.07, 6.45) is 6.77. The highest BCUT2D eigenvalue weighted by atomic mass is 35.5. The van der Waals surface area contributed by atoms with Crippen molar-refractivity contribution in [3.8, 4) is 0 Å². The van der Waals surface area contributed by atoms with Gasteiger partial charge in [0.1, 0.15) is 17.6 Å². The minimum absolute atomic E-state index is 0.147. The third-order valence-corrected chi connectivity index (χ3v) is 9.03. The lowest BCUT2D eigenvalue weighted by molar-refractivity contribution is -0.161. The number of aliphatic hydroxyl groups is 1. The van der Waals surface area contributed by atoms with Crippen molar-refractivity contribution >= 4 is 35.1 Å². The van der Waals surface area contributed by atoms with E-state index in [1.165, 1.54) is 4.90 Å². The van der Waals surface area contributed by atoms with E-state index in [1.807, 2.05) is 26.8 Å². The minimum atomic E-state index is -1.22. The van der Waals surface area contributed by atoms with Crippen LogP contribution in [0.25, 0.3) is 0 Å². The standard InChI is InChI=1S/C31H41ClN2O6/c1-6-8-9-10-18-39-29(38)25-24-27(36)34(23(19-35)20(3)4)26(31(24)16-15-30(25,5)40-31)28(37)33(17-7-2)22-13-11-21(32)12-14-22/h6-7,11-14,20,23-26,35H,1-2,8-10,15-19H2,3-5H3/t23-,24-,25-,26?,30+,31?/m0/s1. The van der Waals surface area contributed by atoms with Crippen molar-refractivity contribution in [1.82, 2.24) is 4.90 Å². The molecule has 4 rings (SSSR count). The molecule has 3 aliphatic heterocycles. The summed E-state index contributed by atoms with van der Waals surface area (Å²) in [6.45, 7) is 13.3. The number of rotatable bonds is 13. The maximum atomic E-state index is 14.6. The predicted octanol–water partition coefficient (Wildman–Crippen LogP) is 4.54. The van der Waals surface area contributed by atoms with Crippen LogP contribution in [-0.2, 0) is 23.9 Å². The van der Waals surface area contributed by atoms with Crippen LogP contribution in [0.3, 0.4) is 0 Å². The number of halogens is 1. The first-order valence-corrected chi connectivity index (χ1v) is 14.5. The van der Waals surface area contributed by atoms with Crippen LogP contribution in [0, 0.1) is 17.8 Å². The van der Waals surface area contributed by atoms with E-state index in [4.69, 9.17) is 21.1 Å². The number of likely N-dealkylation sites (tertiary alicyclic amines) is 1. The Hall–Kier alpha value is -2.68. The first kappa shape index (κ1) is 30.3. The zero-order valence-electron chi connectivity index (χ0n) is 23.7. The molecular formula is C31H41ClN2O6. The monoisotopic (exact) mass is 572 g/mol. The smallest absolute Gasteiger partial charge is 0.312 e. The van der Waals surface area contributed by atoms with Crippen LogP contribution in [0.1, 0.15) is 52.9 Å². The number of carbonyl (C=O) groups excluding carboxylic acids is 3. The molecule has 3 saturated heterocycles. The second-order valence-electron chi connectivity index (χ2n) is 11.6. The molecule has 0 radical (unpaired) electrons. The molecule has 0 aliphatic carbocycles. The van der Waals surface area contributed by atoms with Gasteiger partial charge in [-0.25, -0.2) is 0 Å². The number of anilines is 1. The van der Waals surface area contributed by atoms with Crippen LogP contribution in [0.2, 0.25) is 5.02 Å². The third-order valence-electron chi connectivity index (χ3n) is 8.78. The molecule has 6 atom stereocenters. The SMILES string of the molecule is C=CCCCCOC(=O)[C@@H]1[C@H]2C(=O)N([C@@H](CO)C(C)C)C(C(=O)N(CC=C)c3ccc(Cl)cc3)C23CC[C@@]1(C)O3. The Kier molecular flexibility index (Phi) is 9.12. The summed E-state index contributed by atoms with van der Waals surface area (Å²) < 4.78 is 12.4. The normalized spacial score (nSPS) is 29.4. The Balaban J connectivity index is 1.75. The molecule has 3 fully saturated rings. The number of hydrogen-bond acceptors (Lipinski definition) is 6. The number of nitrogens with zero attached hydrogens (tertiary/aromatic N) is 2. The van der Waals surface area contributed by atoms with Gasteiger partial charge in [-0.05, 0) is 69.2 Å². The molecule has 1 aromatic carbocycles. The van der Waals surface area contributed by atoms with Gasteiger partial charge in [-0.2, -0.15) is 0 Å². The van der Waals surface area contributed by atoms with Crippen LogP contribution in [-0.4, -0.2) is 70.8 Å². The highest BCUT2D eigenvalue weighted by Gasteiger charge is 2.79. The van der Waals surface area contributed by atoms with E-state index in [0.717, 1.165) is 12.8 Å². The Morgan fingerprint density at radius 2 is 1.93 bits per heavy atom. The number of benzene rings is 1. The minimum Gasteiger partial charge on any atom is -0.465 e. The average Bonchev–Trinajstić information content (AvgIpc) is 3.48. The number of carbonyl (C=O) groups is 3. The lowest BCUT2D eigenvalue weighted by Gasteiger charge is -2.40. The summed E-state index contributed by atoms with van der Waals surface area (Å²) in [5.41, 5.74) is -1.55. The average molecular weight is 573 g/mol. The zero-order chi connectivity index (χ0) is 29.2. The van der Waals surface area contributed by atoms with E-state index in [0.29, 0.717) is 30.0 Å². The number of allylic oxidation sites excluding steroid dienone is 1. The summed E-state index contributed by atoms with van der Waals surface area (Å²) in [7, 11) is 0. The maximum absolute atomic E-state index is 14.6. The Morgan fingerprint density at radius 1 is 1.23 bits per heavy atom. The fourth-order valence-electron chi connectivity index (χ4n) is 6.85. The van der Waals surface area contributed by atoms with E-state index in [2.05, 4.69) is 13.2 Å². The highest BCUT2D eigenvalue weighted by molar-refractivity contribution is 6.30. The van der Waals surface area contributed by atoms with Crippen molar-refractivity contribution in [3.63, 3.8) is 0 Å². The van der Waals surface area contributed by atoms with Crippen molar-refractivity contribution < 1.29 is 29.0 Å². The number of unbranched alkanes of at least 4 members (excludes halogenated alkanes) is 2. The molecule has 2 amide bonds. The molecule has 1 N–H and O–H groups in total. The molecule has 0 aromatic heterocycles. The van der Waals surface area contributed by atoms with Gasteiger partial charge in [0.15, 0.2) is 0 Å². The summed E-state index contributed by atoms with van der Waals surface area (Å²) in [6, 6.07) is 5.21. The van der Waals surface area contributed by atoms with Gasteiger partial charge in [-0.3, -0.25) is 14.4 Å². The van der Waals surface area contributed by atoms with E-state index in [9.17, 15) is 19.5 Å². The second-order valence-corrected chi connectivity index (χ2v) is 12.1. The fourth-order valence-corrected chi connectivity index (χ4v) is 6.98. The lowest BCUT2D eigenvalue weighted by atomic mass is 9.66. The van der Waals surface area contributed by atoms with Crippen LogP contribution in [0.5, 0.6) is 0 Å². The molecule has 3 heterocycles. The van der Waals surface area contributed by atoms with Crippen molar-refractivity contribution in [2.45, 2.75) is 76.2 Å². The van der Waals surface area contributed by atoms with Crippen molar-refractivity contribution in [1.29, 1.82) is 0 Å². The molecule has 1 spiro atoms. The quantitative estimate of drug-likeness (QED) is 0.212. The Morgan fingerprint density at radius 3 is 2.52 bits per heavy atom. The van der Waals surface area contributed by atoms with E-state index in [-0.39, 0.29) is 37.5 Å². The van der Waals surface area contributed by atoms with Crippen molar-refractivity contribution in [3.05, 3.63) is 54.6 Å². The predicted molar refractivity (Wildman–Crippen MR) is 154 cm³/mol. The van der Waals surface area contributed by atoms with Gasteiger partial charge in [0.25, 0.3) is 5.91 Å². The van der Waals surface area contributed by atoms with Crippen LogP contribution >= 0.6 is 11.6 Å². The summed E-state index contributed by atoms with van der Waals surface area (Å²) in [5.74, 6) is -3.05. The van der Waals surface area contributed by atoms with Crippen molar-refractivity contribution in [2.24, 2.45) is 17.8 Å². The van der Waals surface area contributed by atoms with Gasteiger partial charge in [0.2, 0.25) is 5.91 Å². The number of fused-ring (bicyclic) bond motifs is 1. The summed E-state index contributed by atoms with van der Waals surface area (Å²) in [4.78, 5) is 45.5. The molecule has 40 heavy (non-hydrogen) atoms. The van der Waals surface area contributed by atoms with Crippen LogP contribution in [0.4, 0.5) is 5.69 Å². The maximum Gasteiger partial charge on any atom is 0.312 e. The number of amides is 2. The molecule has 1 aromatic rings. The molecule has 9 heteroatoms. The first-order chi connectivity index (χ1) is 19.1. The molecule has 8 nitrogen and oxygen atoms in total. The second kappa shape index (κ2) is 12.0. The van der Waals surface area contributed by atoms with Crippen molar-refractivity contribution in [2.75, 3.05) is 24.7 Å². The Labute approximate surface area is 241 Å². The van der Waals surface area contributed by atoms with Gasteiger partial charge < -0.3 is 24.4 Å². The number of ether oxygens (including phenoxy) is 2. The summed E-state index contributed by atoms with van der Waals surface area (Å²) >= 11 is 6.11. The van der Waals surface area contributed by atoms with E-state index >= 15 is 0 Å². The highest BCUT2D eigenvalue weighted by Crippen LogP contribution is 2.64. The topological polar surface area (TPSA) is 96.4 Å². The largest absolute Gasteiger partial charge is 0.465 e. The number of hydrogen-bond donors (Lipinski definition) is 1. The molecule has 218 valence electrons. The van der Waals surface area contributed by atoms with Crippen LogP contribution in [0.15, 0.2) is 49.6 Å². The first-order valence-electron chi connectivity index (χ1n) is 14.1. The van der Waals surface area contributed by atoms with E-state index in [1.54, 1.807) is 35.2 Å². The van der Waals surface area contributed by atoms with Gasteiger partial charge in [0, 0.05) is 17.3 Å². The van der Waals surface area contributed by atoms with Gasteiger partial charge in [0.05, 0.1) is 30.8 Å². The third kappa shape index (κ3) is 5.10. The number of aliphatic hydroxyl groups excluding tert-OH is 1. The van der Waals surface area contributed by atoms with Gasteiger partial charge in [-0.1, -0.05) is 37.6 Å². The van der Waals surface area contributed by atoms with Crippen LogP contribution < -0.4 is 4.90 Å². The molecule has 2 bridgehead atoms. The molecular weight excluding hydrogens is 532 g/mol.